The molecule has 2 rings (SSSR count). The van der Waals surface area contributed by atoms with Gasteiger partial charge in [-0.15, -0.1) is 0 Å². The van der Waals surface area contributed by atoms with Crippen molar-refractivity contribution in [3.63, 3.8) is 0 Å². The zero-order chi connectivity index (χ0) is 15.6. The maximum atomic E-state index is 13.5. The molecule has 1 heterocycles. The lowest BCUT2D eigenvalue weighted by atomic mass is 10.2. The molecule has 0 saturated carbocycles. The molecule has 0 atom stereocenters. The lowest BCUT2D eigenvalue weighted by molar-refractivity contribution is 0.102. The molecule has 1 aromatic heterocycles. The fourth-order valence-corrected chi connectivity index (χ4v) is 1.78. The Labute approximate surface area is 125 Å². The van der Waals surface area contributed by atoms with Gasteiger partial charge < -0.3 is 5.32 Å². The van der Waals surface area contributed by atoms with Crippen molar-refractivity contribution < 1.29 is 13.6 Å². The van der Waals surface area contributed by atoms with Gasteiger partial charge in [0.2, 0.25) is 0 Å². The zero-order valence-electron chi connectivity index (χ0n) is 11.3. The first-order chi connectivity index (χ1) is 9.90. The smallest absolute Gasteiger partial charge is 0.276 e. The molecule has 1 aromatic carbocycles. The minimum Gasteiger partial charge on any atom is -0.318 e. The molecule has 4 nitrogen and oxygen atoms in total. The van der Waals surface area contributed by atoms with Crippen molar-refractivity contribution in [2.75, 3.05) is 5.32 Å². The Morgan fingerprint density at radius 3 is 2.71 bits per heavy atom. The van der Waals surface area contributed by atoms with Crippen LogP contribution in [0.15, 0.2) is 24.4 Å². The first-order valence-corrected chi connectivity index (χ1v) is 6.55. The predicted molar refractivity (Wildman–Crippen MR) is 75.4 cm³/mol. The van der Waals surface area contributed by atoms with E-state index >= 15 is 0 Å². The summed E-state index contributed by atoms with van der Waals surface area (Å²) in [7, 11) is 0. The third kappa shape index (κ3) is 3.33. The monoisotopic (exact) mass is 311 g/mol. The molecule has 0 saturated heterocycles. The fourth-order valence-electron chi connectivity index (χ4n) is 1.60. The molecule has 110 valence electrons. The minimum atomic E-state index is -1.14. The second-order valence-electron chi connectivity index (χ2n) is 4.63. The van der Waals surface area contributed by atoms with E-state index < -0.39 is 17.5 Å². The summed E-state index contributed by atoms with van der Waals surface area (Å²) in [6, 6.07) is 3.49. The summed E-state index contributed by atoms with van der Waals surface area (Å²) >= 11 is 5.88. The van der Waals surface area contributed by atoms with Crippen LogP contribution in [0.2, 0.25) is 5.02 Å². The summed E-state index contributed by atoms with van der Waals surface area (Å²) in [5, 5.41) is 2.28. The van der Waals surface area contributed by atoms with Crippen molar-refractivity contribution in [3.8, 4) is 0 Å². The molecule has 0 bridgehead atoms. The van der Waals surface area contributed by atoms with Gasteiger partial charge >= 0.3 is 0 Å². The molecule has 2 aromatic rings. The van der Waals surface area contributed by atoms with E-state index in [9.17, 15) is 13.6 Å². The maximum absolute atomic E-state index is 13.5. The van der Waals surface area contributed by atoms with Crippen LogP contribution < -0.4 is 5.32 Å². The second-order valence-corrected chi connectivity index (χ2v) is 5.04. The summed E-state index contributed by atoms with van der Waals surface area (Å²) in [4.78, 5) is 20.1. The van der Waals surface area contributed by atoms with E-state index in [1.54, 1.807) is 0 Å². The van der Waals surface area contributed by atoms with Gasteiger partial charge in [-0.2, -0.15) is 0 Å². The highest BCUT2D eigenvalue weighted by Gasteiger charge is 2.18. The number of aromatic nitrogens is 2. The van der Waals surface area contributed by atoms with E-state index in [1.807, 2.05) is 13.8 Å². The molecule has 0 unspecified atom stereocenters. The normalized spacial score (nSPS) is 10.8. The van der Waals surface area contributed by atoms with Crippen molar-refractivity contribution >= 4 is 23.2 Å². The van der Waals surface area contributed by atoms with E-state index in [1.165, 1.54) is 18.3 Å². The molecule has 1 N–H and O–H groups in total. The van der Waals surface area contributed by atoms with E-state index in [0.717, 1.165) is 6.07 Å². The summed E-state index contributed by atoms with van der Waals surface area (Å²) in [5.41, 5.74) is -0.361. The van der Waals surface area contributed by atoms with Crippen molar-refractivity contribution in [3.05, 3.63) is 52.6 Å². The van der Waals surface area contributed by atoms with Gasteiger partial charge in [0.25, 0.3) is 5.91 Å². The number of nitrogens with zero attached hydrogens (tertiary/aromatic N) is 2. The first kappa shape index (κ1) is 15.3. The van der Waals surface area contributed by atoms with Crippen LogP contribution in [0.4, 0.5) is 14.5 Å². The molecule has 1 amide bonds. The summed E-state index contributed by atoms with van der Waals surface area (Å²) in [6.45, 7) is 3.72. The van der Waals surface area contributed by atoms with Crippen LogP contribution in [-0.4, -0.2) is 15.9 Å². The molecular formula is C14H12ClF2N3O. The van der Waals surface area contributed by atoms with Gasteiger partial charge in [0.05, 0.1) is 16.9 Å². The van der Waals surface area contributed by atoms with E-state index in [-0.39, 0.29) is 22.3 Å². The number of carbonyl (C=O) groups is 1. The highest BCUT2D eigenvalue weighted by Crippen LogP contribution is 2.20. The number of hydrogen-bond acceptors (Lipinski definition) is 3. The van der Waals surface area contributed by atoms with Gasteiger partial charge in [-0.1, -0.05) is 31.5 Å². The Hall–Kier alpha value is -2.08. The van der Waals surface area contributed by atoms with Gasteiger partial charge in [0.15, 0.2) is 17.3 Å². The Kier molecular flexibility index (Phi) is 4.47. The second kappa shape index (κ2) is 6.13. The van der Waals surface area contributed by atoms with Crippen molar-refractivity contribution in [1.82, 2.24) is 9.97 Å². The van der Waals surface area contributed by atoms with E-state index in [2.05, 4.69) is 15.3 Å². The lowest BCUT2D eigenvalue weighted by Crippen LogP contribution is -2.17. The molecular weight excluding hydrogens is 300 g/mol. The first-order valence-electron chi connectivity index (χ1n) is 6.18. The average molecular weight is 312 g/mol. The molecule has 0 aliphatic heterocycles. The van der Waals surface area contributed by atoms with Crippen LogP contribution in [-0.2, 0) is 0 Å². The Balaban J connectivity index is 2.32. The van der Waals surface area contributed by atoms with E-state index in [0.29, 0.717) is 5.82 Å². The minimum absolute atomic E-state index is 0.000257. The Morgan fingerprint density at radius 1 is 1.33 bits per heavy atom. The molecule has 0 spiro atoms. The van der Waals surface area contributed by atoms with Crippen LogP contribution in [0.1, 0.15) is 36.1 Å². The van der Waals surface area contributed by atoms with Gasteiger partial charge in [-0.05, 0) is 12.1 Å². The average Bonchev–Trinajstić information content (AvgIpc) is 2.44. The summed E-state index contributed by atoms with van der Waals surface area (Å²) in [6.07, 6.45) is 1.31. The number of hydrogen-bond donors (Lipinski definition) is 1. The molecule has 0 fully saturated rings. The number of nitrogens with one attached hydrogen (secondary N) is 1. The largest absolute Gasteiger partial charge is 0.318 e. The number of carbonyl (C=O) groups excluding carboxylic acids is 1. The zero-order valence-corrected chi connectivity index (χ0v) is 12.1. The maximum Gasteiger partial charge on any atom is 0.276 e. The lowest BCUT2D eigenvalue weighted by Gasteiger charge is -2.09. The predicted octanol–water partition coefficient (Wildman–Crippen LogP) is 3.78. The highest BCUT2D eigenvalue weighted by molar-refractivity contribution is 6.33. The van der Waals surface area contributed by atoms with Crippen molar-refractivity contribution in [2.24, 2.45) is 0 Å². The highest BCUT2D eigenvalue weighted by atomic mass is 35.5. The third-order valence-corrected chi connectivity index (χ3v) is 2.97. The number of amides is 1. The van der Waals surface area contributed by atoms with Crippen LogP contribution in [0.5, 0.6) is 0 Å². The van der Waals surface area contributed by atoms with Crippen LogP contribution >= 0.6 is 11.6 Å². The van der Waals surface area contributed by atoms with Crippen LogP contribution in [0.3, 0.4) is 0 Å². The molecule has 0 aliphatic rings. The van der Waals surface area contributed by atoms with Gasteiger partial charge in [-0.3, -0.25) is 4.79 Å². The topological polar surface area (TPSA) is 54.9 Å². The number of rotatable bonds is 3. The summed E-state index contributed by atoms with van der Waals surface area (Å²) < 4.78 is 26.6. The third-order valence-electron chi connectivity index (χ3n) is 2.69. The van der Waals surface area contributed by atoms with Crippen LogP contribution in [0, 0.1) is 11.6 Å². The Bertz CT molecular complexity index is 692. The van der Waals surface area contributed by atoms with Gasteiger partial charge in [0.1, 0.15) is 5.82 Å². The number of anilines is 1. The summed E-state index contributed by atoms with van der Waals surface area (Å²) in [5.74, 6) is -2.48. The van der Waals surface area contributed by atoms with E-state index in [4.69, 9.17) is 11.6 Å². The quantitative estimate of drug-likeness (QED) is 0.938. The molecule has 0 radical (unpaired) electrons. The van der Waals surface area contributed by atoms with Crippen LogP contribution in [0.25, 0.3) is 0 Å². The fraction of sp³-hybridized carbons (Fsp3) is 0.214. The molecule has 21 heavy (non-hydrogen) atoms. The molecule has 7 heteroatoms. The van der Waals surface area contributed by atoms with Gasteiger partial charge in [0, 0.05) is 5.92 Å². The number of halogens is 3. The van der Waals surface area contributed by atoms with Gasteiger partial charge in [-0.25, -0.2) is 18.7 Å². The number of benzene rings is 1. The SMILES string of the molecule is CC(C)c1ncc(Cl)c(C(=O)Nc2cccc(F)c2F)n1. The van der Waals surface area contributed by atoms with Crippen molar-refractivity contribution in [2.45, 2.75) is 19.8 Å². The molecule has 0 aliphatic carbocycles. The Morgan fingerprint density at radius 2 is 2.05 bits per heavy atom. The standard InChI is InChI=1S/C14H12ClF2N3O/c1-7(2)13-18-6-8(15)12(20-13)14(21)19-10-5-3-4-9(16)11(10)17/h3-7H,1-2H3,(H,19,21). The van der Waals surface area contributed by atoms with Crippen molar-refractivity contribution in [1.29, 1.82) is 0 Å².